The number of halogens is 3. The monoisotopic (exact) mass is 241 g/mol. The lowest BCUT2D eigenvalue weighted by Gasteiger charge is -2.25. The quantitative estimate of drug-likeness (QED) is 0.753. The van der Waals surface area contributed by atoms with Crippen LogP contribution in [0.4, 0.5) is 13.2 Å². The molecule has 2 nitrogen and oxygen atoms in total. The maximum Gasteiger partial charge on any atom is 0.454 e. The van der Waals surface area contributed by atoms with Crippen molar-refractivity contribution in [3.8, 4) is 0 Å². The highest BCUT2D eigenvalue weighted by molar-refractivity contribution is 6.23. The number of allylic oxidation sites excluding steroid dienone is 1. The van der Waals surface area contributed by atoms with Gasteiger partial charge in [0.05, 0.1) is 5.57 Å². The molecule has 0 N–H and O–H groups in total. The Hall–Kier alpha value is -1.78. The van der Waals surface area contributed by atoms with E-state index in [1.807, 2.05) is 0 Å². The predicted molar refractivity (Wildman–Crippen MR) is 56.9 cm³/mol. The Morgan fingerprint density at radius 1 is 1.29 bits per heavy atom. The number of carbonyl (C=O) groups excluding carboxylic acids is 1. The molecule has 0 radical (unpaired) electrons. The van der Waals surface area contributed by atoms with Crippen LogP contribution in [-0.4, -0.2) is 23.9 Å². The Kier molecular flexibility index (Phi) is 2.69. The molecule has 1 aromatic rings. The van der Waals surface area contributed by atoms with Crippen molar-refractivity contribution in [3.05, 3.63) is 41.6 Å². The van der Waals surface area contributed by atoms with E-state index in [1.165, 1.54) is 12.3 Å². The summed E-state index contributed by atoms with van der Waals surface area (Å²) in [6, 6.07) is 6.63. The van der Waals surface area contributed by atoms with Crippen LogP contribution >= 0.6 is 0 Å². The number of hydrogen-bond acceptors (Lipinski definition) is 2. The first-order chi connectivity index (χ1) is 7.89. The Labute approximate surface area is 96.3 Å². The number of Topliss-reactive ketones (excluding diaryl/α,β-unsaturated/α-hetero) is 1. The van der Waals surface area contributed by atoms with Crippen LogP contribution in [0.5, 0.6) is 0 Å². The van der Waals surface area contributed by atoms with E-state index < -0.39 is 12.0 Å². The number of benzene rings is 1. The molecule has 0 bridgehead atoms. The molecule has 5 heteroatoms. The topological polar surface area (TPSA) is 20.3 Å². The fourth-order valence-electron chi connectivity index (χ4n) is 1.86. The predicted octanol–water partition coefficient (Wildman–Crippen LogP) is 2.60. The van der Waals surface area contributed by atoms with Gasteiger partial charge in [-0.2, -0.15) is 13.2 Å². The molecule has 0 fully saturated rings. The smallest absolute Gasteiger partial charge is 0.375 e. The van der Waals surface area contributed by atoms with Gasteiger partial charge in [-0.3, -0.25) is 4.79 Å². The van der Waals surface area contributed by atoms with Crippen molar-refractivity contribution in [2.45, 2.75) is 12.7 Å². The molecule has 17 heavy (non-hydrogen) atoms. The minimum atomic E-state index is -4.84. The molecule has 0 saturated heterocycles. The first-order valence-electron chi connectivity index (χ1n) is 5.01. The highest BCUT2D eigenvalue weighted by Gasteiger charge is 2.42. The van der Waals surface area contributed by atoms with Gasteiger partial charge in [0, 0.05) is 19.8 Å². The van der Waals surface area contributed by atoms with Gasteiger partial charge < -0.3 is 4.90 Å². The fraction of sp³-hybridized carbons (Fsp3) is 0.250. The van der Waals surface area contributed by atoms with E-state index in [4.69, 9.17) is 0 Å². The lowest BCUT2D eigenvalue weighted by Crippen LogP contribution is -2.28. The molecular weight excluding hydrogens is 231 g/mol. The number of alkyl halides is 3. The molecule has 0 amide bonds. The van der Waals surface area contributed by atoms with E-state index in [0.29, 0.717) is 12.1 Å². The van der Waals surface area contributed by atoms with Crippen LogP contribution in [0.15, 0.2) is 30.5 Å². The summed E-state index contributed by atoms with van der Waals surface area (Å²) in [6.45, 7) is 0.505. The first-order valence-corrected chi connectivity index (χ1v) is 5.01. The van der Waals surface area contributed by atoms with E-state index in [9.17, 15) is 18.0 Å². The molecular formula is C12H10F3NO. The highest BCUT2D eigenvalue weighted by Crippen LogP contribution is 2.32. The Morgan fingerprint density at radius 2 is 1.94 bits per heavy atom. The lowest BCUT2D eigenvalue weighted by atomic mass is 9.94. The number of hydrogen-bond donors (Lipinski definition) is 0. The van der Waals surface area contributed by atoms with Crippen LogP contribution < -0.4 is 0 Å². The average molecular weight is 241 g/mol. The zero-order valence-corrected chi connectivity index (χ0v) is 9.08. The molecule has 0 atom stereocenters. The molecule has 90 valence electrons. The summed E-state index contributed by atoms with van der Waals surface area (Å²) in [5.41, 5.74) is 0.805. The van der Waals surface area contributed by atoms with Crippen LogP contribution in [0, 0.1) is 0 Å². The summed E-state index contributed by atoms with van der Waals surface area (Å²) >= 11 is 0. The molecule has 1 heterocycles. The summed E-state index contributed by atoms with van der Waals surface area (Å²) in [4.78, 5) is 12.9. The Balaban J connectivity index is 2.50. The Bertz CT molecular complexity index is 491. The molecule has 0 spiro atoms. The minimum Gasteiger partial charge on any atom is -0.375 e. The number of rotatable bonds is 1. The second-order valence-electron chi connectivity index (χ2n) is 3.94. The first kappa shape index (κ1) is 11.7. The van der Waals surface area contributed by atoms with Crippen LogP contribution in [0.25, 0.3) is 5.57 Å². The van der Waals surface area contributed by atoms with Crippen LogP contribution in [-0.2, 0) is 11.3 Å². The van der Waals surface area contributed by atoms with Crippen molar-refractivity contribution in [3.63, 3.8) is 0 Å². The van der Waals surface area contributed by atoms with Crippen molar-refractivity contribution >= 4 is 11.4 Å². The van der Waals surface area contributed by atoms with Gasteiger partial charge in [-0.15, -0.1) is 0 Å². The van der Waals surface area contributed by atoms with Crippen LogP contribution in [0.2, 0.25) is 0 Å². The SMILES string of the molecule is CN1C=C(C(=O)C(F)(F)F)c2ccccc2C1. The molecule has 2 rings (SSSR count). The zero-order chi connectivity index (χ0) is 12.6. The third-order valence-electron chi connectivity index (χ3n) is 2.58. The zero-order valence-electron chi connectivity index (χ0n) is 9.08. The van der Waals surface area contributed by atoms with Crippen molar-refractivity contribution in [2.75, 3.05) is 7.05 Å². The van der Waals surface area contributed by atoms with Gasteiger partial charge in [0.1, 0.15) is 0 Å². The maximum absolute atomic E-state index is 12.4. The molecule has 0 aliphatic carbocycles. The number of carbonyl (C=O) groups is 1. The van der Waals surface area contributed by atoms with Crippen molar-refractivity contribution in [1.82, 2.24) is 4.90 Å². The standard InChI is InChI=1S/C12H10F3NO/c1-16-6-8-4-2-3-5-9(8)10(7-16)11(17)12(13,14)15/h2-5,7H,6H2,1H3. The van der Waals surface area contributed by atoms with Gasteiger partial charge in [0.2, 0.25) is 0 Å². The van der Waals surface area contributed by atoms with E-state index in [1.54, 1.807) is 30.1 Å². The van der Waals surface area contributed by atoms with E-state index >= 15 is 0 Å². The maximum atomic E-state index is 12.4. The molecule has 0 unspecified atom stereocenters. The summed E-state index contributed by atoms with van der Waals surface area (Å²) in [7, 11) is 1.64. The van der Waals surface area contributed by atoms with Crippen molar-refractivity contribution in [2.24, 2.45) is 0 Å². The second kappa shape index (κ2) is 3.91. The van der Waals surface area contributed by atoms with E-state index in [2.05, 4.69) is 0 Å². The van der Waals surface area contributed by atoms with E-state index in [-0.39, 0.29) is 5.57 Å². The third kappa shape index (κ3) is 2.18. The summed E-state index contributed by atoms with van der Waals surface area (Å²) in [5, 5.41) is 0. The van der Waals surface area contributed by atoms with Crippen LogP contribution in [0.3, 0.4) is 0 Å². The summed E-state index contributed by atoms with van der Waals surface area (Å²) < 4.78 is 37.3. The lowest BCUT2D eigenvalue weighted by molar-refractivity contribution is -0.164. The molecule has 1 aliphatic rings. The fourth-order valence-corrected chi connectivity index (χ4v) is 1.86. The molecule has 0 aromatic heterocycles. The third-order valence-corrected chi connectivity index (χ3v) is 2.58. The van der Waals surface area contributed by atoms with Crippen molar-refractivity contribution < 1.29 is 18.0 Å². The number of ketones is 1. The normalized spacial score (nSPS) is 15.3. The molecule has 1 aliphatic heterocycles. The van der Waals surface area contributed by atoms with Gasteiger partial charge in [0.15, 0.2) is 0 Å². The van der Waals surface area contributed by atoms with Gasteiger partial charge in [-0.05, 0) is 11.1 Å². The van der Waals surface area contributed by atoms with Gasteiger partial charge in [-0.25, -0.2) is 0 Å². The molecule has 0 saturated carbocycles. The molecule has 1 aromatic carbocycles. The number of nitrogens with zero attached hydrogens (tertiary/aromatic N) is 1. The summed E-state index contributed by atoms with van der Waals surface area (Å²) in [6.07, 6.45) is -3.59. The summed E-state index contributed by atoms with van der Waals surface area (Å²) in [5.74, 6) is -1.79. The van der Waals surface area contributed by atoms with Gasteiger partial charge in [0.25, 0.3) is 5.78 Å². The van der Waals surface area contributed by atoms with Gasteiger partial charge in [-0.1, -0.05) is 24.3 Å². The van der Waals surface area contributed by atoms with Gasteiger partial charge >= 0.3 is 6.18 Å². The van der Waals surface area contributed by atoms with Crippen molar-refractivity contribution in [1.29, 1.82) is 0 Å². The minimum absolute atomic E-state index is 0.290. The average Bonchev–Trinajstić information content (AvgIpc) is 2.25. The van der Waals surface area contributed by atoms with E-state index in [0.717, 1.165) is 5.56 Å². The second-order valence-corrected chi connectivity index (χ2v) is 3.94. The van der Waals surface area contributed by atoms with Crippen LogP contribution in [0.1, 0.15) is 11.1 Å². The Morgan fingerprint density at radius 3 is 2.59 bits per heavy atom. The highest BCUT2D eigenvalue weighted by atomic mass is 19.4. The number of fused-ring (bicyclic) bond motifs is 1. The largest absolute Gasteiger partial charge is 0.454 e.